The molecule has 2 heterocycles. The third-order valence-electron chi connectivity index (χ3n) is 2.42. The molecule has 0 saturated carbocycles. The molecule has 0 fully saturated rings. The van der Waals surface area contributed by atoms with Crippen molar-refractivity contribution in [2.45, 2.75) is 24.0 Å². The minimum atomic E-state index is -3.79. The summed E-state index contributed by atoms with van der Waals surface area (Å²) in [6.07, 6.45) is 0. The Morgan fingerprint density at radius 3 is 2.55 bits per heavy atom. The normalized spacial score (nSPS) is 11.8. The quantitative estimate of drug-likeness (QED) is 0.877. The molecule has 0 spiro atoms. The fourth-order valence-electron chi connectivity index (χ4n) is 1.33. The van der Waals surface area contributed by atoms with Crippen LogP contribution < -0.4 is 4.72 Å². The summed E-state index contributed by atoms with van der Waals surface area (Å²) < 4.78 is 26.5. The Kier molecular flexibility index (Phi) is 4.11. The van der Waals surface area contributed by atoms with Crippen molar-refractivity contribution in [3.05, 3.63) is 28.1 Å². The van der Waals surface area contributed by atoms with Crippen LogP contribution in [0.2, 0.25) is 0 Å². The van der Waals surface area contributed by atoms with Gasteiger partial charge in [0.1, 0.15) is 4.21 Å². The van der Waals surface area contributed by atoms with E-state index in [-0.39, 0.29) is 20.8 Å². The number of carboxylic acid groups (broad SMARTS) is 1. The van der Waals surface area contributed by atoms with Crippen molar-refractivity contribution in [2.75, 3.05) is 4.72 Å². The SMILES string of the molecule is CC(C)c1csc(NS(=O)(=O)c2cc(C(=O)O)cs2)n1. The first-order chi connectivity index (χ1) is 9.29. The molecule has 0 saturated heterocycles. The molecule has 6 nitrogen and oxygen atoms in total. The standard InChI is InChI=1S/C11H12N2O4S3/c1-6(2)8-5-19-11(12-8)13-20(16,17)9-3-7(4-18-9)10(14)15/h3-6H,1-2H3,(H,12,13)(H,14,15). The summed E-state index contributed by atoms with van der Waals surface area (Å²) in [5.74, 6) is -0.941. The maximum absolute atomic E-state index is 12.1. The largest absolute Gasteiger partial charge is 0.478 e. The van der Waals surface area contributed by atoms with E-state index in [9.17, 15) is 13.2 Å². The van der Waals surface area contributed by atoms with Crippen molar-refractivity contribution in [3.63, 3.8) is 0 Å². The van der Waals surface area contributed by atoms with Gasteiger partial charge >= 0.3 is 5.97 Å². The van der Waals surface area contributed by atoms with E-state index in [4.69, 9.17) is 5.11 Å². The second-order valence-electron chi connectivity index (χ2n) is 4.30. The van der Waals surface area contributed by atoms with E-state index in [0.29, 0.717) is 0 Å². The smallest absolute Gasteiger partial charge is 0.336 e. The minimum Gasteiger partial charge on any atom is -0.478 e. The lowest BCUT2D eigenvalue weighted by molar-refractivity contribution is 0.0697. The van der Waals surface area contributed by atoms with Gasteiger partial charge in [0, 0.05) is 10.8 Å². The van der Waals surface area contributed by atoms with Crippen LogP contribution >= 0.6 is 22.7 Å². The number of nitrogens with zero attached hydrogens (tertiary/aromatic N) is 1. The Morgan fingerprint density at radius 2 is 2.05 bits per heavy atom. The lowest BCUT2D eigenvalue weighted by Gasteiger charge is -2.02. The van der Waals surface area contributed by atoms with Crippen LogP contribution in [0.5, 0.6) is 0 Å². The molecule has 0 aliphatic carbocycles. The number of thiophene rings is 1. The zero-order chi connectivity index (χ0) is 14.9. The zero-order valence-electron chi connectivity index (χ0n) is 10.7. The molecule has 0 aliphatic heterocycles. The summed E-state index contributed by atoms with van der Waals surface area (Å²) in [6, 6.07) is 1.13. The molecule has 0 atom stereocenters. The number of hydrogen-bond acceptors (Lipinski definition) is 6. The van der Waals surface area contributed by atoms with Gasteiger partial charge in [-0.05, 0) is 12.0 Å². The highest BCUT2D eigenvalue weighted by Crippen LogP contribution is 2.26. The van der Waals surface area contributed by atoms with Gasteiger partial charge in [-0.2, -0.15) is 0 Å². The van der Waals surface area contributed by atoms with Gasteiger partial charge in [-0.15, -0.1) is 22.7 Å². The van der Waals surface area contributed by atoms with Crippen molar-refractivity contribution in [3.8, 4) is 0 Å². The van der Waals surface area contributed by atoms with E-state index in [0.717, 1.165) is 23.1 Å². The second kappa shape index (κ2) is 5.51. The molecule has 0 radical (unpaired) electrons. The molecule has 2 aromatic heterocycles. The number of carboxylic acids is 1. The number of carbonyl (C=O) groups is 1. The third-order valence-corrected chi connectivity index (χ3v) is 6.11. The number of aromatic carboxylic acids is 1. The highest BCUT2D eigenvalue weighted by Gasteiger charge is 2.20. The monoisotopic (exact) mass is 332 g/mol. The summed E-state index contributed by atoms with van der Waals surface area (Å²) in [5, 5.41) is 12.2. The summed E-state index contributed by atoms with van der Waals surface area (Å²) in [7, 11) is -3.79. The van der Waals surface area contributed by atoms with Gasteiger partial charge in [-0.1, -0.05) is 13.8 Å². The Hall–Kier alpha value is -1.45. The molecule has 0 aliphatic rings. The first-order valence-corrected chi connectivity index (χ1v) is 8.84. The summed E-state index contributed by atoms with van der Waals surface area (Å²) in [5.41, 5.74) is 0.766. The average Bonchev–Trinajstić information content (AvgIpc) is 2.95. The van der Waals surface area contributed by atoms with Crippen molar-refractivity contribution >= 4 is 43.8 Å². The van der Waals surface area contributed by atoms with Crippen LogP contribution in [0.15, 0.2) is 21.0 Å². The van der Waals surface area contributed by atoms with Crippen molar-refractivity contribution in [1.29, 1.82) is 0 Å². The lowest BCUT2D eigenvalue weighted by atomic mass is 10.2. The first-order valence-electron chi connectivity index (χ1n) is 5.59. The fraction of sp³-hybridized carbons (Fsp3) is 0.273. The number of aromatic nitrogens is 1. The second-order valence-corrected chi connectivity index (χ2v) is 7.98. The molecule has 0 unspecified atom stereocenters. The molecule has 20 heavy (non-hydrogen) atoms. The number of nitrogens with one attached hydrogen (secondary N) is 1. The van der Waals surface area contributed by atoms with E-state index < -0.39 is 16.0 Å². The lowest BCUT2D eigenvalue weighted by Crippen LogP contribution is -2.11. The number of sulfonamides is 1. The fourth-order valence-corrected chi connectivity index (χ4v) is 4.61. The number of anilines is 1. The zero-order valence-corrected chi connectivity index (χ0v) is 13.1. The van der Waals surface area contributed by atoms with Crippen LogP contribution in [0, 0.1) is 0 Å². The molecule has 2 aromatic rings. The molecule has 9 heteroatoms. The van der Waals surface area contributed by atoms with E-state index >= 15 is 0 Å². The average molecular weight is 332 g/mol. The van der Waals surface area contributed by atoms with Crippen LogP contribution in [0.4, 0.5) is 5.13 Å². The Balaban J connectivity index is 2.23. The number of rotatable bonds is 5. The van der Waals surface area contributed by atoms with Crippen molar-refractivity contribution < 1.29 is 18.3 Å². The van der Waals surface area contributed by atoms with E-state index in [1.165, 1.54) is 16.7 Å². The maximum atomic E-state index is 12.1. The summed E-state index contributed by atoms with van der Waals surface area (Å²) >= 11 is 2.06. The summed E-state index contributed by atoms with van der Waals surface area (Å²) in [6.45, 7) is 3.93. The Labute approximate surface area is 124 Å². The third kappa shape index (κ3) is 3.17. The molecule has 0 aromatic carbocycles. The molecular formula is C11H12N2O4S3. The minimum absolute atomic E-state index is 0.0441. The highest BCUT2D eigenvalue weighted by atomic mass is 32.2. The maximum Gasteiger partial charge on any atom is 0.336 e. The molecule has 0 bridgehead atoms. The molecule has 2 N–H and O–H groups in total. The van der Waals surface area contributed by atoms with Crippen molar-refractivity contribution in [2.24, 2.45) is 0 Å². The summed E-state index contributed by atoms with van der Waals surface area (Å²) in [4.78, 5) is 14.9. The van der Waals surface area contributed by atoms with Gasteiger partial charge in [0.25, 0.3) is 10.0 Å². The molecule has 0 amide bonds. The van der Waals surface area contributed by atoms with Crippen LogP contribution in [-0.2, 0) is 10.0 Å². The van der Waals surface area contributed by atoms with Crippen LogP contribution in [0.3, 0.4) is 0 Å². The molecule has 2 rings (SSSR count). The van der Waals surface area contributed by atoms with E-state index in [1.54, 1.807) is 5.38 Å². The van der Waals surface area contributed by atoms with Gasteiger partial charge in [0.05, 0.1) is 11.3 Å². The number of hydrogen-bond donors (Lipinski definition) is 2. The van der Waals surface area contributed by atoms with Crippen molar-refractivity contribution in [1.82, 2.24) is 4.98 Å². The van der Waals surface area contributed by atoms with Gasteiger partial charge < -0.3 is 5.11 Å². The number of thiazole rings is 1. The van der Waals surface area contributed by atoms with Gasteiger partial charge in [-0.3, -0.25) is 4.72 Å². The van der Waals surface area contributed by atoms with E-state index in [1.807, 2.05) is 13.8 Å². The Morgan fingerprint density at radius 1 is 1.35 bits per heavy atom. The van der Waals surface area contributed by atoms with E-state index in [2.05, 4.69) is 9.71 Å². The van der Waals surface area contributed by atoms with Gasteiger partial charge in [0.2, 0.25) is 0 Å². The Bertz CT molecular complexity index is 730. The predicted octanol–water partition coefficient (Wildman–Crippen LogP) is 2.83. The molecular weight excluding hydrogens is 320 g/mol. The molecule has 108 valence electrons. The van der Waals surface area contributed by atoms with Crippen LogP contribution in [0.25, 0.3) is 0 Å². The highest BCUT2D eigenvalue weighted by molar-refractivity contribution is 7.94. The predicted molar refractivity (Wildman–Crippen MR) is 78.3 cm³/mol. The van der Waals surface area contributed by atoms with Gasteiger partial charge in [-0.25, -0.2) is 18.2 Å². The topological polar surface area (TPSA) is 96.4 Å². The van der Waals surface area contributed by atoms with Crippen LogP contribution in [-0.4, -0.2) is 24.5 Å². The first kappa shape index (κ1) is 14.9. The van der Waals surface area contributed by atoms with Gasteiger partial charge in [0.15, 0.2) is 5.13 Å². The van der Waals surface area contributed by atoms with Crippen LogP contribution in [0.1, 0.15) is 35.8 Å².